The van der Waals surface area contributed by atoms with E-state index in [-0.39, 0.29) is 11.4 Å². The lowest BCUT2D eigenvalue weighted by atomic mass is 10.2. The number of fused-ring (bicyclic) bond motifs is 1. The molecule has 104 valence electrons. The van der Waals surface area contributed by atoms with Crippen molar-refractivity contribution >= 4 is 39.0 Å². The number of halogens is 2. The van der Waals surface area contributed by atoms with Gasteiger partial charge in [-0.15, -0.1) is 0 Å². The van der Waals surface area contributed by atoms with E-state index in [1.807, 2.05) is 6.07 Å². The van der Waals surface area contributed by atoms with Gasteiger partial charge in [-0.1, -0.05) is 24.3 Å². The van der Waals surface area contributed by atoms with Crippen LogP contribution < -0.4 is 5.56 Å². The van der Waals surface area contributed by atoms with Crippen LogP contribution in [0.4, 0.5) is 4.39 Å². The molecule has 3 aromatic rings. The van der Waals surface area contributed by atoms with Crippen LogP contribution in [0.15, 0.2) is 51.7 Å². The molecule has 3 nitrogen and oxygen atoms in total. The molecular formula is C16H10BrFN2O. The van der Waals surface area contributed by atoms with Crippen LogP contribution in [0, 0.1) is 5.82 Å². The van der Waals surface area contributed by atoms with Crippen molar-refractivity contribution in [1.82, 2.24) is 9.97 Å². The minimum absolute atomic E-state index is 0.180. The summed E-state index contributed by atoms with van der Waals surface area (Å²) in [5.74, 6) is 0.142. The summed E-state index contributed by atoms with van der Waals surface area (Å²) < 4.78 is 13.6. The molecule has 0 saturated heterocycles. The van der Waals surface area contributed by atoms with E-state index >= 15 is 0 Å². The van der Waals surface area contributed by atoms with E-state index in [1.165, 1.54) is 6.07 Å². The maximum atomic E-state index is 13.2. The highest BCUT2D eigenvalue weighted by Crippen LogP contribution is 2.18. The molecule has 0 radical (unpaired) electrons. The van der Waals surface area contributed by atoms with Crippen molar-refractivity contribution in [3.63, 3.8) is 0 Å². The third-order valence-electron chi connectivity index (χ3n) is 3.01. The SMILES string of the molecule is O=c1[nH]c(C=Cc2ccc(F)c(Br)c2)nc2ccccc12. The van der Waals surface area contributed by atoms with Gasteiger partial charge in [0.1, 0.15) is 11.6 Å². The van der Waals surface area contributed by atoms with Gasteiger partial charge in [0.2, 0.25) is 0 Å². The minimum Gasteiger partial charge on any atom is -0.306 e. The third kappa shape index (κ3) is 2.92. The van der Waals surface area contributed by atoms with Gasteiger partial charge < -0.3 is 4.98 Å². The van der Waals surface area contributed by atoms with Gasteiger partial charge in [-0.25, -0.2) is 9.37 Å². The predicted octanol–water partition coefficient (Wildman–Crippen LogP) is 4.00. The number of para-hydroxylation sites is 1. The van der Waals surface area contributed by atoms with E-state index in [0.717, 1.165) is 5.56 Å². The van der Waals surface area contributed by atoms with Crippen molar-refractivity contribution < 1.29 is 4.39 Å². The number of H-pyrrole nitrogens is 1. The van der Waals surface area contributed by atoms with Gasteiger partial charge >= 0.3 is 0 Å². The lowest BCUT2D eigenvalue weighted by molar-refractivity contribution is 0.621. The summed E-state index contributed by atoms with van der Waals surface area (Å²) >= 11 is 3.13. The zero-order chi connectivity index (χ0) is 14.8. The number of nitrogens with one attached hydrogen (secondary N) is 1. The van der Waals surface area contributed by atoms with E-state index < -0.39 is 0 Å². The minimum atomic E-state index is -0.315. The fourth-order valence-electron chi connectivity index (χ4n) is 1.97. The van der Waals surface area contributed by atoms with E-state index in [2.05, 4.69) is 25.9 Å². The van der Waals surface area contributed by atoms with Gasteiger partial charge in [-0.3, -0.25) is 4.79 Å². The Kier molecular flexibility index (Phi) is 3.66. The maximum Gasteiger partial charge on any atom is 0.259 e. The van der Waals surface area contributed by atoms with Crippen molar-refractivity contribution in [1.29, 1.82) is 0 Å². The zero-order valence-corrected chi connectivity index (χ0v) is 12.4. The summed E-state index contributed by atoms with van der Waals surface area (Å²) in [6, 6.07) is 11.8. The van der Waals surface area contributed by atoms with Crippen LogP contribution in [0.1, 0.15) is 11.4 Å². The van der Waals surface area contributed by atoms with Crippen molar-refractivity contribution in [2.24, 2.45) is 0 Å². The first-order valence-corrected chi connectivity index (χ1v) is 7.05. The van der Waals surface area contributed by atoms with E-state index in [1.54, 1.807) is 42.5 Å². The van der Waals surface area contributed by atoms with E-state index in [4.69, 9.17) is 0 Å². The number of nitrogens with zero attached hydrogens (tertiary/aromatic N) is 1. The average molecular weight is 345 g/mol. The Morgan fingerprint density at radius 3 is 2.76 bits per heavy atom. The summed E-state index contributed by atoms with van der Waals surface area (Å²) in [5, 5.41) is 0.555. The fourth-order valence-corrected chi connectivity index (χ4v) is 2.37. The molecule has 0 atom stereocenters. The molecule has 21 heavy (non-hydrogen) atoms. The average Bonchev–Trinajstić information content (AvgIpc) is 2.49. The Hall–Kier alpha value is -2.27. The molecule has 0 aliphatic carbocycles. The molecule has 0 fully saturated rings. The number of hydrogen-bond donors (Lipinski definition) is 1. The second-order valence-electron chi connectivity index (χ2n) is 4.48. The van der Waals surface area contributed by atoms with Gasteiger partial charge in [-0.05, 0) is 51.8 Å². The van der Waals surface area contributed by atoms with Crippen LogP contribution in [0.5, 0.6) is 0 Å². The number of aromatic nitrogens is 2. The van der Waals surface area contributed by atoms with Gasteiger partial charge in [0.25, 0.3) is 5.56 Å². The largest absolute Gasteiger partial charge is 0.306 e. The second-order valence-corrected chi connectivity index (χ2v) is 5.33. The number of rotatable bonds is 2. The monoisotopic (exact) mass is 344 g/mol. The second kappa shape index (κ2) is 5.61. The first-order valence-electron chi connectivity index (χ1n) is 6.26. The normalized spacial score (nSPS) is 11.3. The Morgan fingerprint density at radius 2 is 1.95 bits per heavy atom. The lowest BCUT2D eigenvalue weighted by Gasteiger charge is -1.99. The number of aromatic amines is 1. The van der Waals surface area contributed by atoms with Crippen LogP contribution in [0.3, 0.4) is 0 Å². The first kappa shape index (κ1) is 13.7. The number of benzene rings is 2. The molecular weight excluding hydrogens is 335 g/mol. The molecule has 0 bridgehead atoms. The molecule has 5 heteroatoms. The molecule has 0 amide bonds. The molecule has 1 heterocycles. The van der Waals surface area contributed by atoms with E-state index in [0.29, 0.717) is 21.2 Å². The fraction of sp³-hybridized carbons (Fsp3) is 0. The molecule has 0 unspecified atom stereocenters. The van der Waals surface area contributed by atoms with Crippen LogP contribution in [0.2, 0.25) is 0 Å². The summed E-state index contributed by atoms with van der Waals surface area (Å²) in [5.41, 5.74) is 1.26. The Bertz CT molecular complexity index is 902. The van der Waals surface area contributed by atoms with Gasteiger partial charge in [-0.2, -0.15) is 0 Å². The quantitative estimate of drug-likeness (QED) is 0.763. The van der Waals surface area contributed by atoms with Crippen molar-refractivity contribution in [2.45, 2.75) is 0 Å². The van der Waals surface area contributed by atoms with Crippen LogP contribution in [0.25, 0.3) is 23.1 Å². The summed E-state index contributed by atoms with van der Waals surface area (Å²) in [6.45, 7) is 0. The predicted molar refractivity (Wildman–Crippen MR) is 85.4 cm³/mol. The summed E-state index contributed by atoms with van der Waals surface area (Å²) in [4.78, 5) is 19.0. The molecule has 0 aliphatic heterocycles. The summed E-state index contributed by atoms with van der Waals surface area (Å²) in [7, 11) is 0. The molecule has 1 aromatic heterocycles. The van der Waals surface area contributed by atoms with Crippen molar-refractivity contribution in [3.8, 4) is 0 Å². The highest BCUT2D eigenvalue weighted by atomic mass is 79.9. The standard InChI is InChI=1S/C16H10BrFN2O/c17-12-9-10(5-7-13(12)18)6-8-15-19-14-4-2-1-3-11(14)16(21)20-15/h1-9H,(H,19,20,21). The smallest absolute Gasteiger partial charge is 0.259 e. The van der Waals surface area contributed by atoms with Crippen LogP contribution in [-0.4, -0.2) is 9.97 Å². The Balaban J connectivity index is 1.99. The molecule has 0 saturated carbocycles. The Morgan fingerprint density at radius 1 is 1.14 bits per heavy atom. The zero-order valence-electron chi connectivity index (χ0n) is 10.8. The molecule has 1 N–H and O–H groups in total. The highest BCUT2D eigenvalue weighted by molar-refractivity contribution is 9.10. The molecule has 2 aromatic carbocycles. The molecule has 0 spiro atoms. The molecule has 3 rings (SSSR count). The summed E-state index contributed by atoms with van der Waals surface area (Å²) in [6.07, 6.45) is 3.45. The molecule has 0 aliphatic rings. The van der Waals surface area contributed by atoms with Crippen molar-refractivity contribution in [2.75, 3.05) is 0 Å². The maximum absolute atomic E-state index is 13.2. The van der Waals surface area contributed by atoms with Gasteiger partial charge in [0.05, 0.1) is 15.4 Å². The number of hydrogen-bond acceptors (Lipinski definition) is 2. The van der Waals surface area contributed by atoms with E-state index in [9.17, 15) is 9.18 Å². The van der Waals surface area contributed by atoms with Gasteiger partial charge in [0.15, 0.2) is 0 Å². The van der Waals surface area contributed by atoms with Gasteiger partial charge in [0, 0.05) is 0 Å². The van der Waals surface area contributed by atoms with Crippen LogP contribution >= 0.6 is 15.9 Å². The topological polar surface area (TPSA) is 45.8 Å². The Labute approximate surface area is 128 Å². The first-order chi connectivity index (χ1) is 10.1. The highest BCUT2D eigenvalue weighted by Gasteiger charge is 2.01. The van der Waals surface area contributed by atoms with Crippen LogP contribution in [-0.2, 0) is 0 Å². The van der Waals surface area contributed by atoms with Crippen molar-refractivity contribution in [3.05, 3.63) is 74.5 Å². The lowest BCUT2D eigenvalue weighted by Crippen LogP contribution is -2.09. The third-order valence-corrected chi connectivity index (χ3v) is 3.62.